The Morgan fingerprint density at radius 3 is 2.78 bits per heavy atom. The number of aliphatic hydroxyl groups is 1. The van der Waals surface area contributed by atoms with Crippen molar-refractivity contribution < 1.29 is 14.6 Å². The summed E-state index contributed by atoms with van der Waals surface area (Å²) in [6.45, 7) is 4.09. The lowest BCUT2D eigenvalue weighted by Gasteiger charge is -2.13. The van der Waals surface area contributed by atoms with Gasteiger partial charge in [0.05, 0.1) is 12.2 Å². The van der Waals surface area contributed by atoms with Crippen LogP contribution in [0.4, 0.5) is 0 Å². The molecule has 0 atom stereocenters. The predicted octanol–water partition coefficient (Wildman–Crippen LogP) is 2.65. The Morgan fingerprint density at radius 1 is 1.35 bits per heavy atom. The molecule has 0 bridgehead atoms. The van der Waals surface area contributed by atoms with Gasteiger partial charge in [-0.25, -0.2) is 4.98 Å². The smallest absolute Gasteiger partial charge is 0.254 e. The Hall–Kier alpha value is -2.11. The lowest BCUT2D eigenvalue weighted by Crippen LogP contribution is -2.24. The minimum Gasteiger partial charge on any atom is -0.491 e. The van der Waals surface area contributed by atoms with Gasteiger partial charge >= 0.3 is 0 Å². The van der Waals surface area contributed by atoms with E-state index >= 15 is 0 Å². The average Bonchev–Trinajstić information content (AvgIpc) is 2.50. The highest BCUT2D eigenvalue weighted by molar-refractivity contribution is 6.32. The zero-order chi connectivity index (χ0) is 16.8. The minimum absolute atomic E-state index is 0.0649. The van der Waals surface area contributed by atoms with Crippen molar-refractivity contribution in [1.82, 2.24) is 10.3 Å². The molecule has 0 fully saturated rings. The molecular weight excluding hydrogens is 316 g/mol. The lowest BCUT2D eigenvalue weighted by molar-refractivity contribution is 0.0949. The van der Waals surface area contributed by atoms with Crippen LogP contribution in [0.1, 0.15) is 27.2 Å². The maximum Gasteiger partial charge on any atom is 0.254 e. The van der Waals surface area contributed by atoms with E-state index in [4.69, 9.17) is 21.4 Å². The van der Waals surface area contributed by atoms with Crippen molar-refractivity contribution in [3.05, 3.63) is 57.9 Å². The first-order valence-corrected chi connectivity index (χ1v) is 7.64. The van der Waals surface area contributed by atoms with E-state index in [1.807, 2.05) is 38.1 Å². The number of para-hydroxylation sites is 1. The summed E-state index contributed by atoms with van der Waals surface area (Å²) in [5.74, 6) is 0.351. The lowest BCUT2D eigenvalue weighted by atomic mass is 10.1. The molecule has 0 spiro atoms. The van der Waals surface area contributed by atoms with Crippen molar-refractivity contribution in [3.63, 3.8) is 0 Å². The molecule has 1 aromatic carbocycles. The average molecular weight is 335 g/mol. The Kier molecular flexibility index (Phi) is 5.96. The van der Waals surface area contributed by atoms with Gasteiger partial charge in [-0.3, -0.25) is 4.79 Å². The van der Waals surface area contributed by atoms with Gasteiger partial charge in [-0.1, -0.05) is 29.8 Å². The van der Waals surface area contributed by atoms with Crippen LogP contribution in [0.3, 0.4) is 0 Å². The second-order valence-corrected chi connectivity index (χ2v) is 5.47. The van der Waals surface area contributed by atoms with Crippen molar-refractivity contribution in [1.29, 1.82) is 0 Å². The molecule has 5 nitrogen and oxygen atoms in total. The number of nitrogens with zero attached hydrogens (tertiary/aromatic N) is 1. The number of amides is 1. The van der Waals surface area contributed by atoms with E-state index in [1.165, 1.54) is 0 Å². The first kappa shape index (κ1) is 17.2. The molecule has 6 heteroatoms. The first-order valence-electron chi connectivity index (χ1n) is 7.26. The van der Waals surface area contributed by atoms with Crippen molar-refractivity contribution in [3.8, 4) is 5.75 Å². The molecule has 0 aliphatic heterocycles. The van der Waals surface area contributed by atoms with Gasteiger partial charge in [-0.2, -0.15) is 0 Å². The van der Waals surface area contributed by atoms with Crippen LogP contribution in [0.5, 0.6) is 5.75 Å². The van der Waals surface area contributed by atoms with E-state index in [0.29, 0.717) is 17.9 Å². The minimum atomic E-state index is -0.281. The fourth-order valence-electron chi connectivity index (χ4n) is 2.27. The predicted molar refractivity (Wildman–Crippen MR) is 88.9 cm³/mol. The molecule has 23 heavy (non-hydrogen) atoms. The maximum absolute atomic E-state index is 12.4. The fourth-order valence-corrected chi connectivity index (χ4v) is 2.64. The highest BCUT2D eigenvalue weighted by Gasteiger charge is 2.15. The first-order chi connectivity index (χ1) is 11.0. The van der Waals surface area contributed by atoms with Gasteiger partial charge in [-0.15, -0.1) is 0 Å². The van der Waals surface area contributed by atoms with Crippen molar-refractivity contribution >= 4 is 17.5 Å². The number of carbonyl (C=O) groups is 1. The summed E-state index contributed by atoms with van der Waals surface area (Å²) in [7, 11) is 0. The van der Waals surface area contributed by atoms with E-state index in [9.17, 15) is 4.79 Å². The molecule has 0 radical (unpaired) electrons. The van der Waals surface area contributed by atoms with E-state index in [-0.39, 0.29) is 24.3 Å². The Labute approximate surface area is 140 Å². The number of nitrogens with one attached hydrogen (secondary N) is 1. The molecule has 0 saturated heterocycles. The summed E-state index contributed by atoms with van der Waals surface area (Å²) in [4.78, 5) is 16.5. The van der Waals surface area contributed by atoms with Crippen LogP contribution < -0.4 is 10.1 Å². The van der Waals surface area contributed by atoms with Crippen molar-refractivity contribution in [2.24, 2.45) is 0 Å². The molecular formula is C17H19ClN2O3. The molecule has 1 amide bonds. The number of aliphatic hydroxyl groups excluding tert-OH is 1. The number of rotatable bonds is 6. The van der Waals surface area contributed by atoms with Crippen LogP contribution in [0.2, 0.25) is 5.15 Å². The summed E-state index contributed by atoms with van der Waals surface area (Å²) < 4.78 is 5.45. The molecule has 0 saturated carbocycles. The molecule has 2 aromatic rings. The largest absolute Gasteiger partial charge is 0.491 e. The highest BCUT2D eigenvalue weighted by Crippen LogP contribution is 2.20. The molecule has 2 rings (SSSR count). The van der Waals surface area contributed by atoms with Gasteiger partial charge in [0.15, 0.2) is 0 Å². The van der Waals surface area contributed by atoms with Gasteiger partial charge in [0.1, 0.15) is 17.5 Å². The normalized spacial score (nSPS) is 10.4. The summed E-state index contributed by atoms with van der Waals surface area (Å²) >= 11 is 6.09. The van der Waals surface area contributed by atoms with Crippen LogP contribution in [0.15, 0.2) is 30.3 Å². The van der Waals surface area contributed by atoms with Gasteiger partial charge in [0.2, 0.25) is 0 Å². The Morgan fingerprint density at radius 2 is 2.09 bits per heavy atom. The van der Waals surface area contributed by atoms with Crippen molar-refractivity contribution in [2.75, 3.05) is 13.2 Å². The number of ether oxygens (including phenoxy) is 1. The van der Waals surface area contributed by atoms with Crippen molar-refractivity contribution in [2.45, 2.75) is 20.4 Å². The number of aromatic nitrogens is 1. The quantitative estimate of drug-likeness (QED) is 0.797. The third-order valence-corrected chi connectivity index (χ3v) is 3.56. The molecule has 122 valence electrons. The number of carbonyl (C=O) groups excluding carboxylic acids is 1. The van der Waals surface area contributed by atoms with E-state index in [0.717, 1.165) is 16.8 Å². The van der Waals surface area contributed by atoms with Crippen LogP contribution >= 0.6 is 11.6 Å². The molecule has 0 aliphatic carbocycles. The van der Waals surface area contributed by atoms with Gasteiger partial charge in [0.25, 0.3) is 5.91 Å². The molecule has 1 aromatic heterocycles. The van der Waals surface area contributed by atoms with E-state index in [1.54, 1.807) is 6.07 Å². The number of pyridine rings is 1. The topological polar surface area (TPSA) is 71.5 Å². The van der Waals surface area contributed by atoms with Crippen LogP contribution in [0.25, 0.3) is 0 Å². The van der Waals surface area contributed by atoms with Gasteiger partial charge < -0.3 is 15.2 Å². The third-order valence-electron chi connectivity index (χ3n) is 3.29. The monoisotopic (exact) mass is 334 g/mol. The second kappa shape index (κ2) is 7.94. The molecule has 1 heterocycles. The van der Waals surface area contributed by atoms with E-state index in [2.05, 4.69) is 10.3 Å². The number of halogens is 1. The fraction of sp³-hybridized carbons (Fsp3) is 0.294. The summed E-state index contributed by atoms with van der Waals surface area (Å²) in [6.07, 6.45) is 0. The molecule has 2 N–H and O–H groups in total. The molecule has 0 aliphatic rings. The summed E-state index contributed by atoms with van der Waals surface area (Å²) in [5.41, 5.74) is 2.76. The summed E-state index contributed by atoms with van der Waals surface area (Å²) in [6, 6.07) is 9.17. The van der Waals surface area contributed by atoms with Gasteiger partial charge in [0, 0.05) is 17.8 Å². The van der Waals surface area contributed by atoms with Gasteiger partial charge in [-0.05, 0) is 31.5 Å². The standard InChI is InChI=1S/C17H19ClN2O3/c1-11-9-12(2)20-16(18)15(11)17(22)19-10-13-5-3-4-6-14(13)23-8-7-21/h3-6,9,21H,7-8,10H2,1-2H3,(H,19,22). The Balaban J connectivity index is 2.11. The SMILES string of the molecule is Cc1cc(C)c(C(=O)NCc2ccccc2OCCO)c(Cl)n1. The number of hydrogen-bond donors (Lipinski definition) is 2. The van der Waals surface area contributed by atoms with E-state index < -0.39 is 0 Å². The number of hydrogen-bond acceptors (Lipinski definition) is 4. The second-order valence-electron chi connectivity index (χ2n) is 5.11. The third kappa shape index (κ3) is 4.43. The molecule has 0 unspecified atom stereocenters. The van der Waals surface area contributed by atoms with Crippen LogP contribution in [-0.2, 0) is 6.54 Å². The number of benzene rings is 1. The zero-order valence-corrected chi connectivity index (χ0v) is 13.9. The van der Waals surface area contributed by atoms with Crippen LogP contribution in [0, 0.1) is 13.8 Å². The Bertz CT molecular complexity index is 681. The highest BCUT2D eigenvalue weighted by atomic mass is 35.5. The van der Waals surface area contributed by atoms with Crippen LogP contribution in [-0.4, -0.2) is 29.2 Å². The summed E-state index contributed by atoms with van der Waals surface area (Å²) in [5, 5.41) is 11.9. The maximum atomic E-state index is 12.4. The number of aryl methyl sites for hydroxylation is 2. The zero-order valence-electron chi connectivity index (χ0n) is 13.1.